The summed E-state index contributed by atoms with van der Waals surface area (Å²) in [5, 5.41) is 8.79. The number of benzene rings is 2. The van der Waals surface area contributed by atoms with Gasteiger partial charge in [-0.3, -0.25) is 4.68 Å². The van der Waals surface area contributed by atoms with Crippen LogP contribution in [0.5, 0.6) is 17.2 Å². The number of fused-ring (bicyclic) bond motifs is 2. The molecule has 0 fully saturated rings. The van der Waals surface area contributed by atoms with Crippen LogP contribution in [0.25, 0.3) is 23.0 Å². The summed E-state index contributed by atoms with van der Waals surface area (Å²) in [6.07, 6.45) is -0.0854. The van der Waals surface area contributed by atoms with E-state index in [9.17, 15) is 0 Å². The highest BCUT2D eigenvalue weighted by Crippen LogP contribution is 2.36. The zero-order valence-corrected chi connectivity index (χ0v) is 17.4. The van der Waals surface area contributed by atoms with Crippen LogP contribution < -0.4 is 14.2 Å². The fraction of sp³-hybridized carbons (Fsp3) is 0.261. The SMILES string of the molecule is CCOc1ccc(C2Cn3nc(-c4nc(-c5ccc6c(c5)OCO6)no4)cc3CO2)cc1. The predicted molar refractivity (Wildman–Crippen MR) is 112 cm³/mol. The Hall–Kier alpha value is -3.85. The molecule has 4 heterocycles. The highest BCUT2D eigenvalue weighted by atomic mass is 16.7. The lowest BCUT2D eigenvalue weighted by Crippen LogP contribution is -2.21. The van der Waals surface area contributed by atoms with Crippen molar-refractivity contribution in [3.8, 4) is 40.2 Å². The molecule has 1 atom stereocenters. The number of rotatable bonds is 5. The Morgan fingerprint density at radius 3 is 2.81 bits per heavy atom. The number of hydrogen-bond donors (Lipinski definition) is 0. The number of ether oxygens (including phenoxy) is 4. The van der Waals surface area contributed by atoms with Gasteiger partial charge in [0, 0.05) is 5.56 Å². The Morgan fingerprint density at radius 2 is 1.94 bits per heavy atom. The highest BCUT2D eigenvalue weighted by Gasteiger charge is 2.25. The first-order valence-electron chi connectivity index (χ1n) is 10.4. The van der Waals surface area contributed by atoms with Gasteiger partial charge in [-0.05, 0) is 48.9 Å². The molecule has 0 aliphatic carbocycles. The lowest BCUT2D eigenvalue weighted by molar-refractivity contribution is -0.00115. The van der Waals surface area contributed by atoms with Gasteiger partial charge in [0.2, 0.25) is 12.6 Å². The molecule has 0 amide bonds. The third-order valence-electron chi connectivity index (χ3n) is 5.47. The second-order valence-electron chi connectivity index (χ2n) is 7.50. The zero-order chi connectivity index (χ0) is 21.5. The quantitative estimate of drug-likeness (QED) is 0.467. The van der Waals surface area contributed by atoms with Crippen LogP contribution in [0.3, 0.4) is 0 Å². The van der Waals surface area contributed by atoms with Crippen molar-refractivity contribution in [1.29, 1.82) is 0 Å². The summed E-state index contributed by atoms with van der Waals surface area (Å²) in [5.74, 6) is 3.05. The van der Waals surface area contributed by atoms with E-state index in [2.05, 4.69) is 15.2 Å². The third-order valence-corrected chi connectivity index (χ3v) is 5.47. The van der Waals surface area contributed by atoms with Gasteiger partial charge in [0.05, 0.1) is 25.5 Å². The van der Waals surface area contributed by atoms with Gasteiger partial charge in [-0.25, -0.2) is 0 Å². The Bertz CT molecular complexity index is 1260. The third kappa shape index (κ3) is 3.36. The molecule has 2 aromatic heterocycles. The second-order valence-corrected chi connectivity index (χ2v) is 7.50. The van der Waals surface area contributed by atoms with Crippen LogP contribution in [-0.2, 0) is 17.9 Å². The van der Waals surface area contributed by atoms with Crippen LogP contribution in [0.2, 0.25) is 0 Å². The molecule has 0 saturated carbocycles. The minimum absolute atomic E-state index is 0.0854. The summed E-state index contributed by atoms with van der Waals surface area (Å²) in [4.78, 5) is 4.52. The molecule has 6 rings (SSSR count). The second kappa shape index (κ2) is 7.69. The van der Waals surface area contributed by atoms with Crippen LogP contribution in [0, 0.1) is 0 Å². The maximum atomic E-state index is 6.06. The van der Waals surface area contributed by atoms with Crippen LogP contribution in [0.4, 0.5) is 0 Å². The summed E-state index contributed by atoms with van der Waals surface area (Å²) in [6, 6.07) is 15.4. The van der Waals surface area contributed by atoms with Gasteiger partial charge >= 0.3 is 0 Å². The molecule has 2 aliphatic heterocycles. The Morgan fingerprint density at radius 1 is 1.06 bits per heavy atom. The zero-order valence-electron chi connectivity index (χ0n) is 17.4. The van der Waals surface area contributed by atoms with Crippen molar-refractivity contribution in [2.24, 2.45) is 0 Å². The van der Waals surface area contributed by atoms with E-state index in [-0.39, 0.29) is 12.9 Å². The lowest BCUT2D eigenvalue weighted by Gasteiger charge is -2.24. The minimum atomic E-state index is -0.0854. The molecular weight excluding hydrogens is 412 g/mol. The van der Waals surface area contributed by atoms with Gasteiger partial charge in [0.1, 0.15) is 11.9 Å². The van der Waals surface area contributed by atoms with Crippen molar-refractivity contribution in [3.63, 3.8) is 0 Å². The average Bonchev–Trinajstić information content (AvgIpc) is 3.57. The maximum Gasteiger partial charge on any atom is 0.278 e. The largest absolute Gasteiger partial charge is 0.494 e. The number of aromatic nitrogens is 4. The van der Waals surface area contributed by atoms with Crippen molar-refractivity contribution >= 4 is 0 Å². The lowest BCUT2D eigenvalue weighted by atomic mass is 10.1. The van der Waals surface area contributed by atoms with E-state index in [1.807, 2.05) is 60.1 Å². The van der Waals surface area contributed by atoms with E-state index < -0.39 is 0 Å². The van der Waals surface area contributed by atoms with Crippen molar-refractivity contribution in [3.05, 3.63) is 59.8 Å². The van der Waals surface area contributed by atoms with Crippen molar-refractivity contribution in [2.45, 2.75) is 26.2 Å². The summed E-state index contributed by atoms with van der Waals surface area (Å²) in [5.41, 5.74) is 3.45. The van der Waals surface area contributed by atoms with E-state index in [0.29, 0.717) is 48.7 Å². The average molecular weight is 432 g/mol. The van der Waals surface area contributed by atoms with Crippen LogP contribution in [-0.4, -0.2) is 33.3 Å². The summed E-state index contributed by atoms with van der Waals surface area (Å²) in [7, 11) is 0. The molecule has 9 heteroatoms. The summed E-state index contributed by atoms with van der Waals surface area (Å²) in [6.45, 7) is 3.89. The Balaban J connectivity index is 1.21. The standard InChI is InChI=1S/C23H20N4O5/c1-2-28-17-6-3-14(4-7-17)21-11-27-16(12-29-21)10-18(25-27)23-24-22(26-32-23)15-5-8-19-20(9-15)31-13-30-19/h3-10,21H,2,11-13H2,1H3. The predicted octanol–water partition coefficient (Wildman–Crippen LogP) is 4.00. The number of hydrogen-bond acceptors (Lipinski definition) is 8. The van der Waals surface area contributed by atoms with Crippen LogP contribution >= 0.6 is 0 Å². The van der Waals surface area contributed by atoms with Gasteiger partial charge in [-0.2, -0.15) is 10.1 Å². The first-order chi connectivity index (χ1) is 15.8. The Labute approximate surface area is 183 Å². The first-order valence-corrected chi connectivity index (χ1v) is 10.4. The fourth-order valence-corrected chi connectivity index (χ4v) is 3.86. The molecule has 162 valence electrons. The number of nitrogens with zero attached hydrogens (tertiary/aromatic N) is 4. The molecule has 0 N–H and O–H groups in total. The summed E-state index contributed by atoms with van der Waals surface area (Å²) >= 11 is 0. The minimum Gasteiger partial charge on any atom is -0.494 e. The topological polar surface area (TPSA) is 93.7 Å². The molecule has 2 aromatic carbocycles. The Kier molecular flexibility index (Phi) is 4.53. The van der Waals surface area contributed by atoms with Crippen molar-refractivity contribution in [2.75, 3.05) is 13.4 Å². The molecule has 0 bridgehead atoms. The van der Waals surface area contributed by atoms with Crippen LogP contribution in [0.1, 0.15) is 24.3 Å². The molecule has 4 aromatic rings. The molecular formula is C23H20N4O5. The fourth-order valence-electron chi connectivity index (χ4n) is 3.86. The normalized spacial score (nSPS) is 16.7. The van der Waals surface area contributed by atoms with Crippen molar-refractivity contribution in [1.82, 2.24) is 19.9 Å². The highest BCUT2D eigenvalue weighted by molar-refractivity contribution is 5.63. The summed E-state index contributed by atoms with van der Waals surface area (Å²) < 4.78 is 29.8. The van der Waals surface area contributed by atoms with Crippen molar-refractivity contribution < 1.29 is 23.5 Å². The molecule has 0 spiro atoms. The monoisotopic (exact) mass is 432 g/mol. The van der Waals surface area contributed by atoms with Crippen LogP contribution in [0.15, 0.2) is 53.1 Å². The molecule has 0 saturated heterocycles. The van der Waals surface area contributed by atoms with E-state index in [4.69, 9.17) is 23.5 Å². The first kappa shape index (κ1) is 18.9. The molecule has 1 unspecified atom stereocenters. The molecule has 9 nitrogen and oxygen atoms in total. The van der Waals surface area contributed by atoms with E-state index in [0.717, 1.165) is 22.6 Å². The smallest absolute Gasteiger partial charge is 0.278 e. The van der Waals surface area contributed by atoms with E-state index in [1.165, 1.54) is 0 Å². The van der Waals surface area contributed by atoms with E-state index in [1.54, 1.807) is 0 Å². The maximum absolute atomic E-state index is 6.06. The van der Waals surface area contributed by atoms with Gasteiger partial charge in [-0.1, -0.05) is 17.3 Å². The van der Waals surface area contributed by atoms with Gasteiger partial charge in [-0.15, -0.1) is 0 Å². The molecule has 0 radical (unpaired) electrons. The van der Waals surface area contributed by atoms with Gasteiger partial charge < -0.3 is 23.5 Å². The molecule has 32 heavy (non-hydrogen) atoms. The van der Waals surface area contributed by atoms with E-state index >= 15 is 0 Å². The van der Waals surface area contributed by atoms with Gasteiger partial charge in [0.25, 0.3) is 5.89 Å². The van der Waals surface area contributed by atoms with Gasteiger partial charge in [0.15, 0.2) is 17.2 Å². The molecule has 2 aliphatic rings.